The smallest absolute Gasteiger partial charge is 0.322 e. The van der Waals surface area contributed by atoms with Gasteiger partial charge in [0.15, 0.2) is 22.6 Å². The molecule has 0 aliphatic rings. The summed E-state index contributed by atoms with van der Waals surface area (Å²) in [5.74, 6) is 0. The van der Waals surface area contributed by atoms with Crippen LogP contribution in [0.3, 0.4) is 0 Å². The minimum Gasteiger partial charge on any atom is -0.322 e. The molecule has 6 heterocycles. The van der Waals surface area contributed by atoms with Gasteiger partial charge in [0.05, 0.1) is 21.8 Å². The first-order chi connectivity index (χ1) is 20.6. The van der Waals surface area contributed by atoms with E-state index in [1.54, 1.807) is 14.1 Å². The van der Waals surface area contributed by atoms with Crippen LogP contribution in [0.1, 0.15) is 33.1 Å². The molecule has 0 amide bonds. The van der Waals surface area contributed by atoms with E-state index in [0.29, 0.717) is 45.9 Å². The van der Waals surface area contributed by atoms with E-state index in [2.05, 4.69) is 43.4 Å². The normalized spacial score (nSPS) is 12.3. The average molecular weight is 583 g/mol. The number of fused-ring (bicyclic) bond motifs is 11. The van der Waals surface area contributed by atoms with Crippen molar-refractivity contribution in [1.82, 2.24) is 47.8 Å². The first kappa shape index (κ1) is 26.7. The van der Waals surface area contributed by atoms with Gasteiger partial charge in [-0.1, -0.05) is 32.4 Å². The number of hydrogen-bond donors (Lipinski definition) is 0. The molecule has 0 fully saturated rings. The van der Waals surface area contributed by atoms with Gasteiger partial charge in [-0.15, -0.1) is 20.4 Å². The molecule has 6 aromatic heterocycles. The van der Waals surface area contributed by atoms with E-state index in [4.69, 9.17) is 0 Å². The van der Waals surface area contributed by atoms with Gasteiger partial charge in [0.25, 0.3) is 11.1 Å². The van der Waals surface area contributed by atoms with Crippen molar-refractivity contribution in [2.75, 3.05) is 0 Å². The molecule has 1 aromatic carbocycles. The molecule has 0 saturated carbocycles. The molecule has 0 bridgehead atoms. The van der Waals surface area contributed by atoms with Crippen LogP contribution in [0.4, 0.5) is 0 Å². The molecule has 0 radical (unpaired) electrons. The molecule has 0 spiro atoms. The minimum atomic E-state index is -0.480. The topological polar surface area (TPSA) is 149 Å². The lowest BCUT2D eigenvalue weighted by molar-refractivity contribution is 0.656. The van der Waals surface area contributed by atoms with E-state index in [-0.39, 0.29) is 11.3 Å². The van der Waals surface area contributed by atoms with Crippen LogP contribution in [0.15, 0.2) is 31.3 Å². The number of hydrogen-bond acceptors (Lipinski definition) is 8. The van der Waals surface area contributed by atoms with Crippen LogP contribution >= 0.6 is 0 Å². The van der Waals surface area contributed by atoms with E-state index >= 15 is 0 Å². The Labute approximate surface area is 242 Å². The maximum atomic E-state index is 13.6. The third-order valence-corrected chi connectivity index (χ3v) is 8.62. The van der Waals surface area contributed by atoms with Crippen molar-refractivity contribution < 1.29 is 0 Å². The van der Waals surface area contributed by atoms with Crippen molar-refractivity contribution in [3.05, 3.63) is 53.8 Å². The lowest BCUT2D eigenvalue weighted by Crippen LogP contribution is -2.37. The van der Waals surface area contributed by atoms with Gasteiger partial charge in [-0.3, -0.25) is 27.9 Å². The quantitative estimate of drug-likeness (QED) is 0.298. The van der Waals surface area contributed by atoms with E-state index < -0.39 is 22.5 Å². The third kappa shape index (κ3) is 3.28. The molecule has 0 unspecified atom stereocenters. The molecule has 0 saturated heterocycles. The zero-order valence-corrected chi connectivity index (χ0v) is 24.8. The Morgan fingerprint density at radius 1 is 0.535 bits per heavy atom. The molecule has 14 nitrogen and oxygen atoms in total. The highest BCUT2D eigenvalue weighted by Crippen LogP contribution is 2.40. The molecule has 0 atom stereocenters. The first-order valence-corrected chi connectivity index (χ1v) is 14.3. The maximum Gasteiger partial charge on any atom is 0.332 e. The molecule has 14 heteroatoms. The molecular weight excluding hydrogens is 552 g/mol. The monoisotopic (exact) mass is 582 g/mol. The van der Waals surface area contributed by atoms with Crippen LogP contribution in [-0.2, 0) is 41.3 Å². The Morgan fingerprint density at radius 2 is 0.953 bits per heavy atom. The zero-order chi connectivity index (χ0) is 30.5. The van der Waals surface area contributed by atoms with E-state index in [9.17, 15) is 19.2 Å². The summed E-state index contributed by atoms with van der Waals surface area (Å²) in [5, 5.41) is 21.3. The predicted octanol–water partition coefficient (Wildman–Crippen LogP) is 1.79. The maximum absolute atomic E-state index is 13.6. The summed E-state index contributed by atoms with van der Waals surface area (Å²) in [6, 6.07) is 3.86. The van der Waals surface area contributed by atoms with Crippen LogP contribution in [0.2, 0.25) is 0 Å². The van der Waals surface area contributed by atoms with Gasteiger partial charge in [-0.05, 0) is 12.8 Å². The fourth-order valence-corrected chi connectivity index (χ4v) is 6.46. The van der Waals surface area contributed by atoms with Crippen molar-refractivity contribution in [3.63, 3.8) is 0 Å². The SMILES string of the molecule is CCCCn1c2nnc3c(c(=O)n(C)c(=O)n3C)c2c2ccc3c4c5c(=O)n(C)c(=O)n(C)c5nnc4n(CCC)c3c21. The highest BCUT2D eigenvalue weighted by atomic mass is 16.2. The van der Waals surface area contributed by atoms with E-state index in [0.717, 1.165) is 50.2 Å². The fourth-order valence-electron chi connectivity index (χ4n) is 6.46. The Kier molecular flexibility index (Phi) is 5.71. The Bertz CT molecular complexity index is 2590. The zero-order valence-electron chi connectivity index (χ0n) is 24.8. The summed E-state index contributed by atoms with van der Waals surface area (Å²) in [5.41, 5.74) is 1.32. The van der Waals surface area contributed by atoms with Crippen LogP contribution in [0.25, 0.3) is 65.9 Å². The van der Waals surface area contributed by atoms with Gasteiger partial charge in [0, 0.05) is 62.8 Å². The molecule has 7 rings (SSSR count). The van der Waals surface area contributed by atoms with Crippen LogP contribution in [-0.4, -0.2) is 47.8 Å². The van der Waals surface area contributed by atoms with Crippen molar-refractivity contribution in [3.8, 4) is 0 Å². The largest absolute Gasteiger partial charge is 0.332 e. The second-order valence-electron chi connectivity index (χ2n) is 11.1. The van der Waals surface area contributed by atoms with Crippen LogP contribution < -0.4 is 22.5 Å². The number of nitrogens with zero attached hydrogens (tertiary/aromatic N) is 10. The second-order valence-corrected chi connectivity index (χ2v) is 11.1. The Hall–Kier alpha value is -5.14. The van der Waals surface area contributed by atoms with Crippen molar-refractivity contribution >= 4 is 65.9 Å². The van der Waals surface area contributed by atoms with Gasteiger partial charge >= 0.3 is 11.4 Å². The average Bonchev–Trinajstić information content (AvgIpc) is 3.51. The van der Waals surface area contributed by atoms with Gasteiger partial charge < -0.3 is 9.13 Å². The van der Waals surface area contributed by atoms with Gasteiger partial charge in [0.2, 0.25) is 0 Å². The molecule has 0 N–H and O–H groups in total. The summed E-state index contributed by atoms with van der Waals surface area (Å²) in [6.45, 7) is 5.36. The molecule has 7 aromatic rings. The van der Waals surface area contributed by atoms with Gasteiger partial charge in [0.1, 0.15) is 0 Å². The summed E-state index contributed by atoms with van der Waals surface area (Å²) in [7, 11) is 6.08. The Balaban J connectivity index is 1.81. The molecule has 0 aliphatic heterocycles. The predicted molar refractivity (Wildman–Crippen MR) is 165 cm³/mol. The highest BCUT2D eigenvalue weighted by molar-refractivity contribution is 6.28. The highest BCUT2D eigenvalue weighted by Gasteiger charge is 2.26. The number of rotatable bonds is 5. The molecular formula is C29H30N10O4. The molecule has 0 aliphatic carbocycles. The third-order valence-electron chi connectivity index (χ3n) is 8.62. The van der Waals surface area contributed by atoms with Gasteiger partial charge in [-0.25, -0.2) is 9.59 Å². The summed E-state index contributed by atoms with van der Waals surface area (Å²) >= 11 is 0. The van der Waals surface area contributed by atoms with Crippen molar-refractivity contribution in [2.45, 2.75) is 46.2 Å². The molecule has 220 valence electrons. The first-order valence-electron chi connectivity index (χ1n) is 14.3. The standard InChI is InChI=1S/C29H30N10O4/c1-7-9-13-39-21-15(17-19-23(31-33-25(17)39)35(4)29(43)37(6)27(19)41)11-10-14-16-18-22(34(3)28(42)36(5)26(18)40)30-32-24(16)38(12-8-2)20(14)21/h10-11H,7-9,12-13H2,1-6H3. The second kappa shape index (κ2) is 9.18. The fraction of sp³-hybridized carbons (Fsp3) is 0.379. The lowest BCUT2D eigenvalue weighted by Gasteiger charge is -2.10. The van der Waals surface area contributed by atoms with Crippen LogP contribution in [0.5, 0.6) is 0 Å². The van der Waals surface area contributed by atoms with Gasteiger partial charge in [-0.2, -0.15) is 0 Å². The van der Waals surface area contributed by atoms with Crippen molar-refractivity contribution in [2.24, 2.45) is 28.2 Å². The number of aryl methyl sites for hydroxylation is 4. The van der Waals surface area contributed by atoms with Crippen LogP contribution in [0, 0.1) is 0 Å². The van der Waals surface area contributed by atoms with E-state index in [1.807, 2.05) is 12.1 Å². The lowest BCUT2D eigenvalue weighted by atomic mass is 10.1. The summed E-state index contributed by atoms with van der Waals surface area (Å²) < 4.78 is 9.01. The summed E-state index contributed by atoms with van der Waals surface area (Å²) in [4.78, 5) is 52.7. The number of benzene rings is 1. The van der Waals surface area contributed by atoms with Crippen molar-refractivity contribution in [1.29, 1.82) is 0 Å². The minimum absolute atomic E-state index is 0.212. The Morgan fingerprint density at radius 3 is 1.37 bits per heavy atom. The summed E-state index contributed by atoms with van der Waals surface area (Å²) in [6.07, 6.45) is 2.55. The van der Waals surface area contributed by atoms with E-state index in [1.165, 1.54) is 23.2 Å². The molecule has 43 heavy (non-hydrogen) atoms. The number of unbranched alkanes of at least 4 members (excludes halogenated alkanes) is 1. The number of aromatic nitrogens is 10.